The predicted octanol–water partition coefficient (Wildman–Crippen LogP) is 6.15. The van der Waals surface area contributed by atoms with Crippen LogP contribution >= 0.6 is 47.0 Å². The third-order valence-corrected chi connectivity index (χ3v) is 5.03. The maximum absolute atomic E-state index is 13.2. The first-order chi connectivity index (χ1) is 12.8. The quantitative estimate of drug-likeness (QED) is 0.475. The van der Waals surface area contributed by atoms with Crippen LogP contribution in [-0.2, 0) is 6.54 Å². The third-order valence-electron chi connectivity index (χ3n) is 3.74. The molecule has 0 fully saturated rings. The number of halogens is 4. The molecule has 1 aromatic heterocycles. The molecule has 4 nitrogen and oxygen atoms in total. The van der Waals surface area contributed by atoms with Gasteiger partial charge < -0.3 is 10.6 Å². The maximum Gasteiger partial charge on any atom is 0.176 e. The molecule has 2 N–H and O–H groups in total. The van der Waals surface area contributed by atoms with Crippen molar-refractivity contribution in [3.05, 3.63) is 74.6 Å². The van der Waals surface area contributed by atoms with Crippen LogP contribution in [0.5, 0.6) is 0 Å². The minimum atomic E-state index is -0.373. The van der Waals surface area contributed by atoms with Gasteiger partial charge in [-0.15, -0.1) is 0 Å². The van der Waals surface area contributed by atoms with Crippen molar-refractivity contribution in [3.8, 4) is 0 Å². The van der Waals surface area contributed by atoms with Crippen LogP contribution in [0.25, 0.3) is 0 Å². The van der Waals surface area contributed by atoms with E-state index in [-0.39, 0.29) is 5.82 Å². The topological polar surface area (TPSA) is 41.9 Å². The van der Waals surface area contributed by atoms with E-state index in [1.807, 2.05) is 13.0 Å². The van der Waals surface area contributed by atoms with Gasteiger partial charge in [-0.25, -0.2) is 4.39 Å². The van der Waals surface area contributed by atoms with Crippen molar-refractivity contribution in [2.45, 2.75) is 13.5 Å². The van der Waals surface area contributed by atoms with Crippen molar-refractivity contribution in [1.29, 1.82) is 0 Å². The summed E-state index contributed by atoms with van der Waals surface area (Å²) in [5.74, 6) is 0.199. The van der Waals surface area contributed by atoms with Gasteiger partial charge in [0, 0.05) is 22.5 Å². The zero-order valence-corrected chi connectivity index (χ0v) is 17.1. The molecule has 140 valence electrons. The Hall–Kier alpha value is -1.86. The normalized spacial score (nSPS) is 10.7. The van der Waals surface area contributed by atoms with Gasteiger partial charge in [-0.05, 0) is 55.0 Å². The fourth-order valence-electron chi connectivity index (χ4n) is 2.40. The Labute approximate surface area is 176 Å². The average molecular weight is 444 g/mol. The summed E-state index contributed by atoms with van der Waals surface area (Å²) in [5, 5.41) is 12.1. The van der Waals surface area contributed by atoms with Gasteiger partial charge in [0.25, 0.3) is 0 Å². The van der Waals surface area contributed by atoms with Gasteiger partial charge in [0.15, 0.2) is 10.9 Å². The summed E-state index contributed by atoms with van der Waals surface area (Å²) in [7, 11) is 0. The number of thiocarbonyl (C=S) groups is 1. The Kier molecular flexibility index (Phi) is 6.22. The van der Waals surface area contributed by atoms with Gasteiger partial charge in [-0.2, -0.15) is 5.10 Å². The largest absolute Gasteiger partial charge is 0.332 e. The molecule has 27 heavy (non-hydrogen) atoms. The number of hydrogen-bond donors (Lipinski definition) is 2. The number of benzene rings is 2. The van der Waals surface area contributed by atoms with Crippen molar-refractivity contribution in [2.24, 2.45) is 0 Å². The predicted molar refractivity (Wildman–Crippen MR) is 114 cm³/mol. The lowest BCUT2D eigenvalue weighted by Gasteiger charge is -2.09. The zero-order valence-electron chi connectivity index (χ0n) is 14.1. The summed E-state index contributed by atoms with van der Waals surface area (Å²) in [5.41, 5.74) is 2.37. The average Bonchev–Trinajstić information content (AvgIpc) is 2.92. The molecular formula is C18H14Cl3FN4S. The van der Waals surface area contributed by atoms with E-state index >= 15 is 0 Å². The summed E-state index contributed by atoms with van der Waals surface area (Å²) in [4.78, 5) is 0. The van der Waals surface area contributed by atoms with Gasteiger partial charge in [0.2, 0.25) is 0 Å². The fourth-order valence-corrected chi connectivity index (χ4v) is 3.14. The molecule has 0 bridgehead atoms. The molecule has 0 spiro atoms. The van der Waals surface area contributed by atoms with Crippen LogP contribution in [0.15, 0.2) is 42.5 Å². The van der Waals surface area contributed by atoms with E-state index < -0.39 is 0 Å². The lowest BCUT2D eigenvalue weighted by Crippen LogP contribution is -2.19. The highest BCUT2D eigenvalue weighted by Crippen LogP contribution is 2.25. The second-order valence-electron chi connectivity index (χ2n) is 5.77. The lowest BCUT2D eigenvalue weighted by atomic mass is 10.2. The first-order valence-electron chi connectivity index (χ1n) is 7.83. The van der Waals surface area contributed by atoms with Crippen molar-refractivity contribution < 1.29 is 4.39 Å². The Morgan fingerprint density at radius 3 is 2.52 bits per heavy atom. The van der Waals surface area contributed by atoms with Crippen molar-refractivity contribution in [3.63, 3.8) is 0 Å². The molecule has 2 aromatic carbocycles. The molecule has 3 aromatic rings. The van der Waals surface area contributed by atoms with Gasteiger partial charge in [-0.1, -0.05) is 40.9 Å². The molecule has 0 atom stereocenters. The van der Waals surface area contributed by atoms with Crippen LogP contribution in [0.1, 0.15) is 11.3 Å². The number of aryl methyl sites for hydroxylation is 1. The van der Waals surface area contributed by atoms with E-state index in [4.69, 9.17) is 47.0 Å². The molecular weight excluding hydrogens is 430 g/mol. The second-order valence-corrected chi connectivity index (χ2v) is 7.40. The molecule has 0 amide bonds. The van der Waals surface area contributed by atoms with Crippen LogP contribution < -0.4 is 10.6 Å². The van der Waals surface area contributed by atoms with Crippen LogP contribution in [0.2, 0.25) is 15.1 Å². The summed E-state index contributed by atoms with van der Waals surface area (Å²) < 4.78 is 14.9. The monoisotopic (exact) mass is 442 g/mol. The fraction of sp³-hybridized carbons (Fsp3) is 0.111. The number of anilines is 2. The second kappa shape index (κ2) is 8.44. The first kappa shape index (κ1) is 19.9. The molecule has 0 aliphatic carbocycles. The Morgan fingerprint density at radius 1 is 1.04 bits per heavy atom. The van der Waals surface area contributed by atoms with Crippen LogP contribution in [0.3, 0.4) is 0 Å². The smallest absolute Gasteiger partial charge is 0.176 e. The number of hydrogen-bond acceptors (Lipinski definition) is 2. The highest BCUT2D eigenvalue weighted by Gasteiger charge is 2.10. The Bertz CT molecular complexity index is 1010. The van der Waals surface area contributed by atoms with E-state index in [0.717, 1.165) is 11.3 Å². The highest BCUT2D eigenvalue weighted by molar-refractivity contribution is 7.80. The van der Waals surface area contributed by atoms with Gasteiger partial charge in [-0.3, -0.25) is 4.68 Å². The van der Waals surface area contributed by atoms with Gasteiger partial charge in [0.05, 0.1) is 16.6 Å². The Balaban J connectivity index is 1.68. The van der Waals surface area contributed by atoms with E-state index in [9.17, 15) is 4.39 Å². The molecule has 9 heteroatoms. The van der Waals surface area contributed by atoms with E-state index in [0.29, 0.717) is 38.2 Å². The van der Waals surface area contributed by atoms with E-state index in [1.165, 1.54) is 12.1 Å². The van der Waals surface area contributed by atoms with Crippen molar-refractivity contribution >= 4 is 63.6 Å². The number of rotatable bonds is 4. The van der Waals surface area contributed by atoms with Crippen molar-refractivity contribution in [2.75, 3.05) is 10.6 Å². The van der Waals surface area contributed by atoms with Crippen molar-refractivity contribution in [1.82, 2.24) is 9.78 Å². The number of nitrogens with one attached hydrogen (secondary N) is 2. The lowest BCUT2D eigenvalue weighted by molar-refractivity contribution is 0.623. The highest BCUT2D eigenvalue weighted by atomic mass is 35.5. The zero-order chi connectivity index (χ0) is 19.6. The molecule has 0 saturated heterocycles. The first-order valence-corrected chi connectivity index (χ1v) is 9.37. The number of nitrogens with zero attached hydrogens (tertiary/aromatic N) is 2. The molecule has 0 aliphatic heterocycles. The third kappa shape index (κ3) is 5.11. The van der Waals surface area contributed by atoms with Gasteiger partial charge >= 0.3 is 0 Å². The minimum Gasteiger partial charge on any atom is -0.332 e. The Morgan fingerprint density at radius 2 is 1.81 bits per heavy atom. The minimum absolute atomic E-state index is 0.358. The summed E-state index contributed by atoms with van der Waals surface area (Å²) in [6.07, 6.45) is 0. The molecule has 0 saturated carbocycles. The molecule has 0 unspecified atom stereocenters. The van der Waals surface area contributed by atoms with Crippen LogP contribution in [0.4, 0.5) is 15.9 Å². The van der Waals surface area contributed by atoms with Crippen LogP contribution in [0, 0.1) is 12.7 Å². The standard InChI is InChI=1S/C18H14Cl3FN4S/c1-10-6-17(24-18(27)23-13-4-5-14(19)16(21)8-13)25-26(10)9-11-2-3-12(22)7-15(11)20/h2-8H,9H2,1H3,(H2,23,24,25,27). The van der Waals surface area contributed by atoms with Gasteiger partial charge in [0.1, 0.15) is 5.82 Å². The molecule has 3 rings (SSSR count). The summed E-state index contributed by atoms with van der Waals surface area (Å²) in [6, 6.07) is 11.3. The number of aromatic nitrogens is 2. The van der Waals surface area contributed by atoms with E-state index in [1.54, 1.807) is 28.9 Å². The molecule has 0 aliphatic rings. The maximum atomic E-state index is 13.2. The summed E-state index contributed by atoms with van der Waals surface area (Å²) >= 11 is 23.3. The molecule has 0 radical (unpaired) electrons. The summed E-state index contributed by atoms with van der Waals surface area (Å²) in [6.45, 7) is 2.32. The SMILES string of the molecule is Cc1cc(NC(=S)Nc2ccc(Cl)c(Cl)c2)nn1Cc1ccc(F)cc1Cl. The molecule has 1 heterocycles. The van der Waals surface area contributed by atoms with Crippen LogP contribution in [-0.4, -0.2) is 14.9 Å². The van der Waals surface area contributed by atoms with E-state index in [2.05, 4.69) is 15.7 Å².